The molecule has 0 atom stereocenters. The molecule has 5 nitrogen and oxygen atoms in total. The second-order valence-corrected chi connectivity index (χ2v) is 7.16. The molecule has 8 heteroatoms. The first kappa shape index (κ1) is 15.4. The van der Waals surface area contributed by atoms with Crippen molar-refractivity contribution in [1.29, 1.82) is 0 Å². The SMILES string of the molecule is Cc1csc2c(N/N=C/c3cc(Br)cc(Br)c3O)ncnc12. The van der Waals surface area contributed by atoms with Crippen molar-refractivity contribution in [2.45, 2.75) is 6.92 Å². The fraction of sp³-hybridized carbons (Fsp3) is 0.0714. The molecule has 0 aliphatic carbocycles. The van der Waals surface area contributed by atoms with Gasteiger partial charge in [-0.2, -0.15) is 5.10 Å². The monoisotopic (exact) mass is 440 g/mol. The van der Waals surface area contributed by atoms with Gasteiger partial charge >= 0.3 is 0 Å². The second-order valence-electron chi connectivity index (χ2n) is 4.51. The highest BCUT2D eigenvalue weighted by Crippen LogP contribution is 2.31. The third-order valence-electron chi connectivity index (χ3n) is 2.96. The molecule has 0 saturated heterocycles. The number of anilines is 1. The number of benzene rings is 1. The Morgan fingerprint density at radius 3 is 2.95 bits per heavy atom. The lowest BCUT2D eigenvalue weighted by Crippen LogP contribution is -1.95. The molecule has 3 aromatic rings. The lowest BCUT2D eigenvalue weighted by molar-refractivity contribution is 0.471. The first-order valence-electron chi connectivity index (χ1n) is 6.22. The molecule has 112 valence electrons. The van der Waals surface area contributed by atoms with Crippen LogP contribution in [-0.2, 0) is 0 Å². The van der Waals surface area contributed by atoms with Crippen LogP contribution >= 0.6 is 43.2 Å². The molecule has 2 aromatic heterocycles. The van der Waals surface area contributed by atoms with Crippen LogP contribution < -0.4 is 5.43 Å². The van der Waals surface area contributed by atoms with Crippen LogP contribution in [0.5, 0.6) is 5.75 Å². The minimum Gasteiger partial charge on any atom is -0.506 e. The van der Waals surface area contributed by atoms with E-state index < -0.39 is 0 Å². The van der Waals surface area contributed by atoms with Gasteiger partial charge in [0.05, 0.1) is 20.9 Å². The summed E-state index contributed by atoms with van der Waals surface area (Å²) in [6.45, 7) is 2.01. The predicted octanol–water partition coefficient (Wildman–Crippen LogP) is 4.68. The minimum atomic E-state index is 0.133. The Morgan fingerprint density at radius 2 is 2.14 bits per heavy atom. The molecule has 0 aliphatic heterocycles. The molecule has 0 amide bonds. The number of hydrogen-bond donors (Lipinski definition) is 2. The summed E-state index contributed by atoms with van der Waals surface area (Å²) in [5.74, 6) is 0.779. The van der Waals surface area contributed by atoms with Crippen molar-refractivity contribution in [2.75, 3.05) is 5.43 Å². The van der Waals surface area contributed by atoms with Gasteiger partial charge in [0.15, 0.2) is 5.82 Å². The van der Waals surface area contributed by atoms with Crippen molar-refractivity contribution < 1.29 is 5.11 Å². The molecule has 2 heterocycles. The zero-order valence-corrected chi connectivity index (χ0v) is 15.3. The maximum atomic E-state index is 9.98. The molecular weight excluding hydrogens is 432 g/mol. The maximum Gasteiger partial charge on any atom is 0.167 e. The van der Waals surface area contributed by atoms with Crippen molar-refractivity contribution >= 4 is 65.4 Å². The lowest BCUT2D eigenvalue weighted by atomic mass is 10.2. The van der Waals surface area contributed by atoms with E-state index in [9.17, 15) is 5.11 Å². The molecule has 0 spiro atoms. The summed E-state index contributed by atoms with van der Waals surface area (Å²) in [5, 5.41) is 16.2. The zero-order chi connectivity index (χ0) is 15.7. The average Bonchev–Trinajstić information content (AvgIpc) is 2.87. The van der Waals surface area contributed by atoms with Gasteiger partial charge in [0, 0.05) is 10.0 Å². The number of phenolic OH excluding ortho intramolecular Hbond substituents is 1. The van der Waals surface area contributed by atoms with Gasteiger partial charge in [-0.3, -0.25) is 5.43 Å². The highest BCUT2D eigenvalue weighted by Gasteiger charge is 2.08. The fourth-order valence-corrected chi connectivity index (χ4v) is 4.10. The molecular formula is C14H10Br2N4OS. The molecule has 0 bridgehead atoms. The molecule has 3 rings (SSSR count). The molecule has 0 aliphatic rings. The molecule has 0 radical (unpaired) electrons. The highest BCUT2D eigenvalue weighted by atomic mass is 79.9. The van der Waals surface area contributed by atoms with Gasteiger partial charge in [-0.05, 0) is 45.9 Å². The Labute approximate surface area is 147 Å². The lowest BCUT2D eigenvalue weighted by Gasteiger charge is -2.03. The number of aromatic nitrogens is 2. The van der Waals surface area contributed by atoms with Crippen LogP contribution in [0.4, 0.5) is 5.82 Å². The van der Waals surface area contributed by atoms with Gasteiger partial charge in [-0.25, -0.2) is 9.97 Å². The molecule has 1 aromatic carbocycles. The Morgan fingerprint density at radius 1 is 1.32 bits per heavy atom. The third kappa shape index (κ3) is 2.99. The van der Waals surface area contributed by atoms with Gasteiger partial charge in [-0.15, -0.1) is 11.3 Å². The Balaban J connectivity index is 1.88. The van der Waals surface area contributed by atoms with Crippen LogP contribution in [0.2, 0.25) is 0 Å². The first-order chi connectivity index (χ1) is 10.6. The number of nitrogens with one attached hydrogen (secondary N) is 1. The summed E-state index contributed by atoms with van der Waals surface area (Å²) in [6.07, 6.45) is 3.05. The number of halogens is 2. The number of phenols is 1. The van der Waals surface area contributed by atoms with Crippen LogP contribution in [0.1, 0.15) is 11.1 Å². The summed E-state index contributed by atoms with van der Waals surface area (Å²) >= 11 is 8.23. The molecule has 0 unspecified atom stereocenters. The maximum absolute atomic E-state index is 9.98. The van der Waals surface area contributed by atoms with E-state index in [1.165, 1.54) is 6.33 Å². The molecule has 0 fully saturated rings. The number of thiophene rings is 1. The summed E-state index contributed by atoms with van der Waals surface area (Å²) < 4.78 is 2.40. The van der Waals surface area contributed by atoms with Crippen molar-refractivity contribution in [3.05, 3.63) is 43.9 Å². The van der Waals surface area contributed by atoms with Gasteiger partial charge in [0.1, 0.15) is 12.1 Å². The third-order valence-corrected chi connectivity index (χ3v) is 5.12. The van der Waals surface area contributed by atoms with Crippen molar-refractivity contribution in [2.24, 2.45) is 5.10 Å². The Hall–Kier alpha value is -1.51. The number of aryl methyl sites for hydroxylation is 1. The minimum absolute atomic E-state index is 0.133. The van der Waals surface area contributed by atoms with E-state index in [0.29, 0.717) is 15.9 Å². The smallest absolute Gasteiger partial charge is 0.167 e. The summed E-state index contributed by atoms with van der Waals surface area (Å²) in [4.78, 5) is 8.46. The summed E-state index contributed by atoms with van der Waals surface area (Å²) in [7, 11) is 0. The highest BCUT2D eigenvalue weighted by molar-refractivity contribution is 9.11. The zero-order valence-electron chi connectivity index (χ0n) is 11.3. The summed E-state index contributed by atoms with van der Waals surface area (Å²) in [5.41, 5.74) is 5.52. The van der Waals surface area contributed by atoms with Crippen molar-refractivity contribution in [3.8, 4) is 5.75 Å². The Bertz CT molecular complexity index is 879. The van der Waals surface area contributed by atoms with Crippen molar-refractivity contribution in [3.63, 3.8) is 0 Å². The number of hydrazone groups is 1. The van der Waals surface area contributed by atoms with E-state index in [-0.39, 0.29) is 5.75 Å². The second kappa shape index (κ2) is 6.31. The summed E-state index contributed by atoms with van der Waals surface area (Å²) in [6, 6.07) is 3.54. The normalized spacial score (nSPS) is 11.4. The van der Waals surface area contributed by atoms with Crippen LogP contribution in [0, 0.1) is 6.92 Å². The Kier molecular flexibility index (Phi) is 4.42. The van der Waals surface area contributed by atoms with Crippen LogP contribution in [0.25, 0.3) is 10.2 Å². The van der Waals surface area contributed by atoms with Crippen LogP contribution in [0.15, 0.2) is 37.9 Å². The van der Waals surface area contributed by atoms with Gasteiger partial charge < -0.3 is 5.11 Å². The number of rotatable bonds is 3. The molecule has 22 heavy (non-hydrogen) atoms. The van der Waals surface area contributed by atoms with E-state index in [0.717, 1.165) is 20.3 Å². The quantitative estimate of drug-likeness (QED) is 0.457. The first-order valence-corrected chi connectivity index (χ1v) is 8.68. The van der Waals surface area contributed by atoms with E-state index in [1.54, 1.807) is 29.7 Å². The van der Waals surface area contributed by atoms with E-state index >= 15 is 0 Å². The number of aromatic hydroxyl groups is 1. The van der Waals surface area contributed by atoms with Crippen LogP contribution in [-0.4, -0.2) is 21.3 Å². The van der Waals surface area contributed by atoms with E-state index in [1.807, 2.05) is 12.3 Å². The predicted molar refractivity (Wildman–Crippen MR) is 96.9 cm³/mol. The molecule has 2 N–H and O–H groups in total. The molecule has 0 saturated carbocycles. The van der Waals surface area contributed by atoms with E-state index in [2.05, 4.69) is 52.4 Å². The average molecular weight is 442 g/mol. The van der Waals surface area contributed by atoms with Gasteiger partial charge in [0.2, 0.25) is 0 Å². The number of hydrogen-bond acceptors (Lipinski definition) is 6. The van der Waals surface area contributed by atoms with Gasteiger partial charge in [-0.1, -0.05) is 15.9 Å². The number of nitrogens with zero attached hydrogens (tertiary/aromatic N) is 3. The number of fused-ring (bicyclic) bond motifs is 1. The fourth-order valence-electron chi connectivity index (χ4n) is 1.90. The topological polar surface area (TPSA) is 70.4 Å². The standard InChI is InChI=1S/C14H10Br2N4OS/c1-7-5-22-13-11(7)17-6-18-14(13)20-19-4-8-2-9(15)3-10(16)12(8)21/h2-6,21H,1H3,(H,17,18,20)/b19-4+. The van der Waals surface area contributed by atoms with Crippen LogP contribution in [0.3, 0.4) is 0 Å². The van der Waals surface area contributed by atoms with Crippen molar-refractivity contribution in [1.82, 2.24) is 9.97 Å². The van der Waals surface area contributed by atoms with Gasteiger partial charge in [0.25, 0.3) is 0 Å². The van der Waals surface area contributed by atoms with E-state index in [4.69, 9.17) is 0 Å². The largest absolute Gasteiger partial charge is 0.506 e.